The Morgan fingerprint density at radius 2 is 2.40 bits per heavy atom. The number of morpholine rings is 1. The lowest BCUT2D eigenvalue weighted by Crippen LogP contribution is -2.54. The van der Waals surface area contributed by atoms with Crippen molar-refractivity contribution in [2.24, 2.45) is 5.73 Å². The molecule has 0 aliphatic carbocycles. The van der Waals surface area contributed by atoms with Gasteiger partial charge in [-0.05, 0) is 13.8 Å². The van der Waals surface area contributed by atoms with Gasteiger partial charge in [0.1, 0.15) is 0 Å². The number of rotatable bonds is 2. The van der Waals surface area contributed by atoms with E-state index in [0.717, 1.165) is 0 Å². The average molecular weight is 210 g/mol. The van der Waals surface area contributed by atoms with Gasteiger partial charge in [0.15, 0.2) is 0 Å². The monoisotopic (exact) mass is 210 g/mol. The van der Waals surface area contributed by atoms with Crippen molar-refractivity contribution in [2.45, 2.75) is 38.5 Å². The highest BCUT2D eigenvalue weighted by Crippen LogP contribution is 2.12. The van der Waals surface area contributed by atoms with Crippen LogP contribution in [0.2, 0.25) is 0 Å². The first kappa shape index (κ1) is 12.0. The van der Waals surface area contributed by atoms with E-state index in [1.807, 2.05) is 13.8 Å². The van der Waals surface area contributed by atoms with Crippen LogP contribution < -0.4 is 5.73 Å². The predicted octanol–water partition coefficient (Wildman–Crippen LogP) is -0.0272. The molecule has 3 atom stereocenters. The molecule has 4 nitrogen and oxygen atoms in total. The van der Waals surface area contributed by atoms with Gasteiger partial charge in [-0.1, -0.05) is 0 Å². The fourth-order valence-electron chi connectivity index (χ4n) is 1.64. The minimum absolute atomic E-state index is 0.0724. The SMILES string of the molecule is C#CCC(N)C(=O)N1CC(C)OCC1C. The summed E-state index contributed by atoms with van der Waals surface area (Å²) >= 11 is 0. The summed E-state index contributed by atoms with van der Waals surface area (Å²) in [5.41, 5.74) is 5.69. The van der Waals surface area contributed by atoms with Gasteiger partial charge in [0.25, 0.3) is 0 Å². The fraction of sp³-hybridized carbons (Fsp3) is 0.727. The minimum Gasteiger partial charge on any atom is -0.375 e. The molecule has 0 aromatic heterocycles. The number of amides is 1. The molecule has 0 spiro atoms. The van der Waals surface area contributed by atoms with Gasteiger partial charge in [0.05, 0.1) is 24.8 Å². The second-order valence-corrected chi connectivity index (χ2v) is 4.00. The summed E-state index contributed by atoms with van der Waals surface area (Å²) in [4.78, 5) is 13.7. The van der Waals surface area contributed by atoms with Crippen LogP contribution in [-0.4, -0.2) is 42.1 Å². The lowest BCUT2D eigenvalue weighted by Gasteiger charge is -2.37. The largest absolute Gasteiger partial charge is 0.375 e. The molecule has 0 radical (unpaired) electrons. The second-order valence-electron chi connectivity index (χ2n) is 4.00. The summed E-state index contributed by atoms with van der Waals surface area (Å²) < 4.78 is 5.44. The van der Waals surface area contributed by atoms with Crippen molar-refractivity contribution in [1.82, 2.24) is 4.90 Å². The molecule has 4 heteroatoms. The minimum atomic E-state index is -0.581. The van der Waals surface area contributed by atoms with Gasteiger partial charge in [-0.15, -0.1) is 12.3 Å². The first-order valence-corrected chi connectivity index (χ1v) is 5.17. The number of nitrogens with zero attached hydrogens (tertiary/aromatic N) is 1. The van der Waals surface area contributed by atoms with Crippen LogP contribution in [-0.2, 0) is 9.53 Å². The van der Waals surface area contributed by atoms with Crippen molar-refractivity contribution in [1.29, 1.82) is 0 Å². The molecule has 2 N–H and O–H groups in total. The van der Waals surface area contributed by atoms with Crippen molar-refractivity contribution in [2.75, 3.05) is 13.2 Å². The van der Waals surface area contributed by atoms with Gasteiger partial charge in [-0.25, -0.2) is 0 Å². The van der Waals surface area contributed by atoms with E-state index < -0.39 is 6.04 Å². The molecule has 1 fully saturated rings. The standard InChI is InChI=1S/C11H18N2O2/c1-4-5-10(12)11(14)13-6-9(3)15-7-8(13)2/h1,8-10H,5-7,12H2,2-3H3. The van der Waals surface area contributed by atoms with Gasteiger partial charge in [-0.2, -0.15) is 0 Å². The van der Waals surface area contributed by atoms with Crippen LogP contribution in [0.3, 0.4) is 0 Å². The lowest BCUT2D eigenvalue weighted by molar-refractivity contribution is -0.144. The van der Waals surface area contributed by atoms with E-state index in [9.17, 15) is 4.79 Å². The molecule has 15 heavy (non-hydrogen) atoms. The fourth-order valence-corrected chi connectivity index (χ4v) is 1.64. The molecule has 0 aromatic carbocycles. The highest BCUT2D eigenvalue weighted by atomic mass is 16.5. The highest BCUT2D eigenvalue weighted by molar-refractivity contribution is 5.82. The van der Waals surface area contributed by atoms with Crippen LogP contribution in [0.5, 0.6) is 0 Å². The smallest absolute Gasteiger partial charge is 0.240 e. The van der Waals surface area contributed by atoms with Crippen LogP contribution in [0, 0.1) is 12.3 Å². The Morgan fingerprint density at radius 3 is 3.00 bits per heavy atom. The van der Waals surface area contributed by atoms with E-state index in [1.165, 1.54) is 0 Å². The number of hydrogen-bond donors (Lipinski definition) is 1. The summed E-state index contributed by atoms with van der Waals surface area (Å²) in [6.07, 6.45) is 5.49. The molecule has 1 rings (SSSR count). The molecular formula is C11H18N2O2. The van der Waals surface area contributed by atoms with E-state index in [4.69, 9.17) is 16.9 Å². The molecule has 1 aliphatic heterocycles. The van der Waals surface area contributed by atoms with Crippen molar-refractivity contribution >= 4 is 5.91 Å². The molecule has 84 valence electrons. The van der Waals surface area contributed by atoms with Crippen LogP contribution in [0.1, 0.15) is 20.3 Å². The molecule has 3 unspecified atom stereocenters. The molecular weight excluding hydrogens is 192 g/mol. The van der Waals surface area contributed by atoms with Gasteiger partial charge >= 0.3 is 0 Å². The van der Waals surface area contributed by atoms with E-state index in [0.29, 0.717) is 13.2 Å². The van der Waals surface area contributed by atoms with Gasteiger partial charge in [0.2, 0.25) is 5.91 Å². The zero-order valence-corrected chi connectivity index (χ0v) is 9.27. The summed E-state index contributed by atoms with van der Waals surface area (Å²) in [5, 5.41) is 0. The van der Waals surface area contributed by atoms with Gasteiger partial charge < -0.3 is 15.4 Å². The van der Waals surface area contributed by atoms with E-state index in [-0.39, 0.29) is 24.5 Å². The number of nitrogens with two attached hydrogens (primary N) is 1. The van der Waals surface area contributed by atoms with Gasteiger partial charge in [-0.3, -0.25) is 4.79 Å². The first-order chi connectivity index (χ1) is 7.06. The Bertz CT molecular complexity index is 272. The quantitative estimate of drug-likeness (QED) is 0.651. The number of hydrogen-bond acceptors (Lipinski definition) is 3. The Hall–Kier alpha value is -1.05. The zero-order valence-electron chi connectivity index (χ0n) is 9.27. The van der Waals surface area contributed by atoms with Gasteiger partial charge in [0, 0.05) is 13.0 Å². The Balaban J connectivity index is 2.61. The Kier molecular flexibility index (Phi) is 4.13. The Labute approximate surface area is 90.8 Å². The number of carbonyl (C=O) groups excluding carboxylic acids is 1. The summed E-state index contributed by atoms with van der Waals surface area (Å²) in [6.45, 7) is 5.05. The third kappa shape index (κ3) is 2.95. The van der Waals surface area contributed by atoms with Crippen molar-refractivity contribution in [3.05, 3.63) is 0 Å². The van der Waals surface area contributed by atoms with E-state index in [2.05, 4.69) is 5.92 Å². The maximum Gasteiger partial charge on any atom is 0.240 e. The first-order valence-electron chi connectivity index (χ1n) is 5.17. The van der Waals surface area contributed by atoms with Crippen LogP contribution in [0.25, 0.3) is 0 Å². The van der Waals surface area contributed by atoms with Crippen LogP contribution >= 0.6 is 0 Å². The molecule has 0 bridgehead atoms. The maximum atomic E-state index is 11.9. The molecule has 0 aromatic rings. The average Bonchev–Trinajstić information content (AvgIpc) is 2.21. The van der Waals surface area contributed by atoms with Crippen molar-refractivity contribution in [3.63, 3.8) is 0 Å². The van der Waals surface area contributed by atoms with Crippen molar-refractivity contribution < 1.29 is 9.53 Å². The maximum absolute atomic E-state index is 11.9. The molecule has 1 saturated heterocycles. The number of terminal acetylenes is 1. The molecule has 1 heterocycles. The Morgan fingerprint density at radius 1 is 1.73 bits per heavy atom. The van der Waals surface area contributed by atoms with Crippen molar-refractivity contribution in [3.8, 4) is 12.3 Å². The number of carbonyl (C=O) groups is 1. The number of ether oxygens (including phenoxy) is 1. The normalized spacial score (nSPS) is 28.3. The third-order valence-electron chi connectivity index (χ3n) is 2.55. The van der Waals surface area contributed by atoms with Crippen LogP contribution in [0.4, 0.5) is 0 Å². The third-order valence-corrected chi connectivity index (χ3v) is 2.55. The predicted molar refractivity (Wildman–Crippen MR) is 58.0 cm³/mol. The summed E-state index contributed by atoms with van der Waals surface area (Å²) in [5.74, 6) is 2.34. The van der Waals surface area contributed by atoms with E-state index >= 15 is 0 Å². The molecule has 1 aliphatic rings. The molecule has 1 amide bonds. The highest BCUT2D eigenvalue weighted by Gasteiger charge is 2.30. The van der Waals surface area contributed by atoms with E-state index in [1.54, 1.807) is 4.90 Å². The summed E-state index contributed by atoms with van der Waals surface area (Å²) in [7, 11) is 0. The topological polar surface area (TPSA) is 55.6 Å². The second kappa shape index (κ2) is 5.15. The van der Waals surface area contributed by atoms with Crippen LogP contribution in [0.15, 0.2) is 0 Å². The lowest BCUT2D eigenvalue weighted by atomic mass is 10.1. The summed E-state index contributed by atoms with van der Waals surface area (Å²) in [6, 6.07) is -0.500. The zero-order chi connectivity index (χ0) is 11.4. The molecule has 0 saturated carbocycles.